The molecule has 1 N–H and O–H groups in total. The number of anilines is 1. The molecule has 0 aliphatic heterocycles. The molecule has 134 valence electrons. The molecule has 9 heteroatoms. The van der Waals surface area contributed by atoms with E-state index in [1.807, 2.05) is 0 Å². The van der Waals surface area contributed by atoms with Crippen LogP contribution >= 0.6 is 15.9 Å². The molecule has 0 fully saturated rings. The molecule has 0 saturated heterocycles. The molecule has 0 heterocycles. The topological polar surface area (TPSA) is 90.9 Å². The fourth-order valence-electron chi connectivity index (χ4n) is 2.05. The Morgan fingerprint density at radius 3 is 2.20 bits per heavy atom. The highest BCUT2D eigenvalue weighted by molar-refractivity contribution is 9.10. The number of hydrogen-bond donors (Lipinski definition) is 1. The van der Waals surface area contributed by atoms with Crippen LogP contribution in [-0.4, -0.2) is 35.7 Å². The van der Waals surface area contributed by atoms with Gasteiger partial charge in [0, 0.05) is 0 Å². The Hall–Kier alpha value is -2.26. The molecule has 0 radical (unpaired) electrons. The van der Waals surface area contributed by atoms with E-state index in [4.69, 9.17) is 9.47 Å². The zero-order chi connectivity index (χ0) is 18.6. The first-order valence-electron chi connectivity index (χ1n) is 6.95. The highest BCUT2D eigenvalue weighted by Crippen LogP contribution is 2.31. The van der Waals surface area contributed by atoms with E-state index in [0.29, 0.717) is 10.2 Å². The summed E-state index contributed by atoms with van der Waals surface area (Å²) in [6.45, 7) is 0. The molecule has 25 heavy (non-hydrogen) atoms. The fourth-order valence-corrected chi connectivity index (χ4v) is 3.83. The molecule has 0 aliphatic rings. The fraction of sp³-hybridized carbons (Fsp3) is 0.188. The Morgan fingerprint density at radius 1 is 1.00 bits per heavy atom. The number of halogens is 1. The summed E-state index contributed by atoms with van der Waals surface area (Å²) in [6, 6.07) is 8.66. The quantitative estimate of drug-likeness (QED) is 0.709. The lowest BCUT2D eigenvalue weighted by atomic mass is 10.2. The molecular weight excluding hydrogens is 414 g/mol. The third-order valence-corrected chi connectivity index (χ3v) is 5.28. The van der Waals surface area contributed by atoms with Crippen LogP contribution in [0.15, 0.2) is 45.8 Å². The van der Waals surface area contributed by atoms with Gasteiger partial charge in [-0.05, 0) is 52.3 Å². The van der Waals surface area contributed by atoms with E-state index in [1.165, 1.54) is 57.7 Å². The number of sulfonamides is 1. The second kappa shape index (κ2) is 7.75. The highest BCUT2D eigenvalue weighted by Gasteiger charge is 2.19. The first kappa shape index (κ1) is 19.1. The van der Waals surface area contributed by atoms with Crippen LogP contribution in [0.5, 0.6) is 11.5 Å². The molecular formula is C16H16BrNO6S. The standard InChI is InChI=1S/C16H16BrNO6S/c1-22-14-7-5-11(9-12(14)17)25(20,21)18-13-8-10(16(19)24-3)4-6-15(13)23-2/h4-9,18H,1-3H3. The monoisotopic (exact) mass is 429 g/mol. The number of methoxy groups -OCH3 is 3. The van der Waals surface area contributed by atoms with Gasteiger partial charge in [0.1, 0.15) is 11.5 Å². The van der Waals surface area contributed by atoms with Gasteiger partial charge >= 0.3 is 5.97 Å². The van der Waals surface area contributed by atoms with E-state index in [9.17, 15) is 13.2 Å². The summed E-state index contributed by atoms with van der Waals surface area (Å²) in [5.41, 5.74) is 0.314. The SMILES string of the molecule is COC(=O)c1ccc(OC)c(NS(=O)(=O)c2ccc(OC)c(Br)c2)c1. The van der Waals surface area contributed by atoms with E-state index in [1.54, 1.807) is 0 Å². The van der Waals surface area contributed by atoms with E-state index < -0.39 is 16.0 Å². The maximum Gasteiger partial charge on any atom is 0.337 e. The van der Waals surface area contributed by atoms with Crippen molar-refractivity contribution in [3.8, 4) is 11.5 Å². The summed E-state index contributed by atoms with van der Waals surface area (Å²) >= 11 is 3.25. The van der Waals surface area contributed by atoms with Gasteiger partial charge in [-0.15, -0.1) is 0 Å². The molecule has 0 saturated carbocycles. The van der Waals surface area contributed by atoms with Crippen LogP contribution in [0, 0.1) is 0 Å². The van der Waals surface area contributed by atoms with Crippen molar-refractivity contribution in [1.29, 1.82) is 0 Å². The molecule has 0 unspecified atom stereocenters. The lowest BCUT2D eigenvalue weighted by Gasteiger charge is -2.13. The summed E-state index contributed by atoms with van der Waals surface area (Å²) in [6.07, 6.45) is 0. The smallest absolute Gasteiger partial charge is 0.337 e. The third kappa shape index (κ3) is 4.23. The Kier molecular flexibility index (Phi) is 5.91. The Bertz CT molecular complexity index is 897. The van der Waals surface area contributed by atoms with E-state index in [-0.39, 0.29) is 21.9 Å². The van der Waals surface area contributed by atoms with Gasteiger partial charge in [-0.3, -0.25) is 4.72 Å². The van der Waals surface area contributed by atoms with E-state index >= 15 is 0 Å². The second-order valence-corrected chi connectivity index (χ2v) is 7.35. The van der Waals surface area contributed by atoms with Crippen molar-refractivity contribution in [3.63, 3.8) is 0 Å². The highest BCUT2D eigenvalue weighted by atomic mass is 79.9. The summed E-state index contributed by atoms with van der Waals surface area (Å²) in [5, 5.41) is 0. The molecule has 2 aromatic rings. The van der Waals surface area contributed by atoms with E-state index in [0.717, 1.165) is 0 Å². The van der Waals surface area contributed by atoms with Gasteiger partial charge in [-0.1, -0.05) is 0 Å². The number of esters is 1. The van der Waals surface area contributed by atoms with Gasteiger partial charge < -0.3 is 14.2 Å². The summed E-state index contributed by atoms with van der Waals surface area (Å²) < 4.78 is 43.0. The lowest BCUT2D eigenvalue weighted by molar-refractivity contribution is 0.0600. The minimum absolute atomic E-state index is 0.0192. The number of hydrogen-bond acceptors (Lipinski definition) is 6. The average molecular weight is 430 g/mol. The van der Waals surface area contributed by atoms with Crippen LogP contribution in [0.2, 0.25) is 0 Å². The molecule has 0 bridgehead atoms. The van der Waals surface area contributed by atoms with Gasteiger partial charge in [-0.25, -0.2) is 13.2 Å². The van der Waals surface area contributed by atoms with Gasteiger partial charge in [0.05, 0.1) is 41.9 Å². The summed E-state index contributed by atoms with van der Waals surface area (Å²) in [5.74, 6) is 0.184. The zero-order valence-corrected chi connectivity index (χ0v) is 16.1. The largest absolute Gasteiger partial charge is 0.496 e. The number of rotatable bonds is 6. The van der Waals surface area contributed by atoms with Crippen molar-refractivity contribution in [1.82, 2.24) is 0 Å². The first-order valence-corrected chi connectivity index (χ1v) is 9.22. The van der Waals surface area contributed by atoms with Crippen molar-refractivity contribution in [2.75, 3.05) is 26.1 Å². The minimum atomic E-state index is -3.91. The summed E-state index contributed by atoms with van der Waals surface area (Å²) in [7, 11) is 0.211. The van der Waals surface area contributed by atoms with E-state index in [2.05, 4.69) is 25.4 Å². The first-order chi connectivity index (χ1) is 11.8. The van der Waals surface area contributed by atoms with Crippen LogP contribution in [0.25, 0.3) is 0 Å². The predicted octanol–water partition coefficient (Wildman–Crippen LogP) is 3.05. The Labute approximate surface area is 154 Å². The molecule has 0 aliphatic carbocycles. The third-order valence-electron chi connectivity index (χ3n) is 3.30. The van der Waals surface area contributed by atoms with Crippen molar-refractivity contribution >= 4 is 37.6 Å². The molecule has 0 atom stereocenters. The van der Waals surface area contributed by atoms with Crippen molar-refractivity contribution in [2.45, 2.75) is 4.90 Å². The van der Waals surface area contributed by atoms with Crippen LogP contribution in [0.1, 0.15) is 10.4 Å². The molecule has 7 nitrogen and oxygen atoms in total. The van der Waals surface area contributed by atoms with Crippen molar-refractivity contribution in [3.05, 3.63) is 46.4 Å². The zero-order valence-electron chi connectivity index (χ0n) is 13.7. The predicted molar refractivity (Wildman–Crippen MR) is 95.8 cm³/mol. The molecule has 0 spiro atoms. The van der Waals surface area contributed by atoms with Crippen LogP contribution in [-0.2, 0) is 14.8 Å². The summed E-state index contributed by atoms with van der Waals surface area (Å²) in [4.78, 5) is 11.7. The second-order valence-electron chi connectivity index (χ2n) is 4.81. The number of carbonyl (C=O) groups is 1. The Balaban J connectivity index is 2.43. The maximum absolute atomic E-state index is 12.6. The van der Waals surface area contributed by atoms with Gasteiger partial charge in [0.25, 0.3) is 10.0 Å². The van der Waals surface area contributed by atoms with Gasteiger partial charge in [0.15, 0.2) is 0 Å². The number of ether oxygens (including phenoxy) is 3. The maximum atomic E-state index is 12.6. The molecule has 2 aromatic carbocycles. The van der Waals surface area contributed by atoms with Crippen LogP contribution in [0.4, 0.5) is 5.69 Å². The van der Waals surface area contributed by atoms with Crippen molar-refractivity contribution < 1.29 is 27.4 Å². The van der Waals surface area contributed by atoms with Gasteiger partial charge in [0.2, 0.25) is 0 Å². The lowest BCUT2D eigenvalue weighted by Crippen LogP contribution is -2.14. The molecule has 0 amide bonds. The molecule has 0 aromatic heterocycles. The average Bonchev–Trinajstić information content (AvgIpc) is 2.60. The normalized spacial score (nSPS) is 10.9. The van der Waals surface area contributed by atoms with Crippen LogP contribution in [0.3, 0.4) is 0 Å². The number of nitrogens with one attached hydrogen (secondary N) is 1. The molecule has 2 rings (SSSR count). The Morgan fingerprint density at radius 2 is 1.64 bits per heavy atom. The van der Waals surface area contributed by atoms with Crippen LogP contribution < -0.4 is 14.2 Å². The minimum Gasteiger partial charge on any atom is -0.496 e. The van der Waals surface area contributed by atoms with Gasteiger partial charge in [-0.2, -0.15) is 0 Å². The number of benzene rings is 2. The van der Waals surface area contributed by atoms with Crippen molar-refractivity contribution in [2.24, 2.45) is 0 Å². The number of carbonyl (C=O) groups excluding carboxylic acids is 1.